The molecule has 0 unspecified atom stereocenters. The first-order valence-electron chi connectivity index (χ1n) is 8.03. The molecule has 122 valence electrons. The summed E-state index contributed by atoms with van der Waals surface area (Å²) in [6.07, 6.45) is 1.89. The molecular formula is C21H16N2OS. The van der Waals surface area contributed by atoms with Crippen molar-refractivity contribution in [1.82, 2.24) is 5.32 Å². The number of carbonyl (C=O) groups excluding carboxylic acids is 1. The Hall–Kier alpha value is -2.85. The average Bonchev–Trinajstić information content (AvgIpc) is 2.96. The first-order chi connectivity index (χ1) is 12.2. The topological polar surface area (TPSA) is 41.5 Å². The lowest BCUT2D eigenvalue weighted by atomic mass is 10.1. The molecular weight excluding hydrogens is 328 g/mol. The number of amidine groups is 1. The molecule has 0 saturated carbocycles. The number of aliphatic imine (C=N–C) groups is 1. The van der Waals surface area contributed by atoms with Crippen molar-refractivity contribution in [3.05, 3.63) is 82.8 Å². The van der Waals surface area contributed by atoms with Gasteiger partial charge in [0.05, 0.1) is 10.6 Å². The minimum Gasteiger partial charge on any atom is -0.300 e. The van der Waals surface area contributed by atoms with Gasteiger partial charge in [-0.15, -0.1) is 0 Å². The highest BCUT2D eigenvalue weighted by Gasteiger charge is 2.23. The van der Waals surface area contributed by atoms with Crippen molar-refractivity contribution in [1.29, 1.82) is 0 Å². The molecule has 0 radical (unpaired) electrons. The zero-order chi connectivity index (χ0) is 17.2. The first kappa shape index (κ1) is 15.7. The number of benzene rings is 3. The van der Waals surface area contributed by atoms with Crippen molar-refractivity contribution < 1.29 is 4.79 Å². The van der Waals surface area contributed by atoms with Crippen LogP contribution in [0.5, 0.6) is 0 Å². The number of nitrogens with one attached hydrogen (secondary N) is 1. The second kappa shape index (κ2) is 6.57. The molecule has 0 atom stereocenters. The molecule has 4 heteroatoms. The average molecular weight is 344 g/mol. The van der Waals surface area contributed by atoms with Crippen molar-refractivity contribution >= 4 is 45.4 Å². The Morgan fingerprint density at radius 1 is 0.960 bits per heavy atom. The number of nitrogens with zero attached hydrogens (tertiary/aromatic N) is 1. The van der Waals surface area contributed by atoms with Gasteiger partial charge in [0.2, 0.25) is 0 Å². The van der Waals surface area contributed by atoms with Crippen LogP contribution >= 0.6 is 11.8 Å². The summed E-state index contributed by atoms with van der Waals surface area (Å²) < 4.78 is 0. The van der Waals surface area contributed by atoms with Gasteiger partial charge in [0.15, 0.2) is 5.17 Å². The van der Waals surface area contributed by atoms with Crippen molar-refractivity contribution in [2.75, 3.05) is 0 Å². The van der Waals surface area contributed by atoms with E-state index in [1.165, 1.54) is 17.3 Å². The summed E-state index contributed by atoms with van der Waals surface area (Å²) in [5, 5.41) is 5.67. The molecule has 0 aromatic heterocycles. The standard InChI is InChI=1S/C21H16N2OS/c1-14-9-11-15(12-10-14)13-19-20(24)23-21(25-19)22-18-8-4-6-16-5-2-3-7-17(16)18/h2-13H,1H3,(H,22,23,24). The summed E-state index contributed by atoms with van der Waals surface area (Å²) in [6.45, 7) is 2.04. The van der Waals surface area contributed by atoms with Gasteiger partial charge in [-0.25, -0.2) is 4.99 Å². The van der Waals surface area contributed by atoms with E-state index in [2.05, 4.69) is 22.4 Å². The molecule has 1 aliphatic heterocycles. The maximum Gasteiger partial charge on any atom is 0.264 e. The van der Waals surface area contributed by atoms with Crippen molar-refractivity contribution in [2.45, 2.75) is 6.92 Å². The van der Waals surface area contributed by atoms with Crippen LogP contribution in [0.4, 0.5) is 5.69 Å². The smallest absolute Gasteiger partial charge is 0.264 e. The molecule has 1 fully saturated rings. The maximum absolute atomic E-state index is 12.2. The van der Waals surface area contributed by atoms with Gasteiger partial charge in [0, 0.05) is 5.39 Å². The van der Waals surface area contributed by atoms with Gasteiger partial charge in [-0.1, -0.05) is 66.2 Å². The molecule has 25 heavy (non-hydrogen) atoms. The molecule has 1 saturated heterocycles. The molecule has 0 spiro atoms. The lowest BCUT2D eigenvalue weighted by molar-refractivity contribution is -0.115. The Morgan fingerprint density at radius 3 is 2.56 bits per heavy atom. The zero-order valence-electron chi connectivity index (χ0n) is 13.7. The second-order valence-electron chi connectivity index (χ2n) is 5.89. The maximum atomic E-state index is 12.2. The number of amides is 1. The number of aryl methyl sites for hydroxylation is 1. The van der Waals surface area contributed by atoms with Gasteiger partial charge in [0.1, 0.15) is 0 Å². The molecule has 4 rings (SSSR count). The molecule has 1 N–H and O–H groups in total. The van der Waals surface area contributed by atoms with E-state index in [9.17, 15) is 4.79 Å². The van der Waals surface area contributed by atoms with Gasteiger partial charge in [-0.05, 0) is 41.8 Å². The fourth-order valence-electron chi connectivity index (χ4n) is 2.71. The second-order valence-corrected chi connectivity index (χ2v) is 6.92. The van der Waals surface area contributed by atoms with E-state index in [4.69, 9.17) is 0 Å². The summed E-state index contributed by atoms with van der Waals surface area (Å²) in [4.78, 5) is 17.5. The van der Waals surface area contributed by atoms with Gasteiger partial charge in [-0.2, -0.15) is 0 Å². The summed E-state index contributed by atoms with van der Waals surface area (Å²) in [5.74, 6) is -0.107. The Balaban J connectivity index is 1.65. The van der Waals surface area contributed by atoms with Crippen LogP contribution in [-0.4, -0.2) is 11.1 Å². The lowest BCUT2D eigenvalue weighted by Crippen LogP contribution is -2.19. The van der Waals surface area contributed by atoms with Crippen LogP contribution in [-0.2, 0) is 4.79 Å². The summed E-state index contributed by atoms with van der Waals surface area (Å²) in [7, 11) is 0. The minimum atomic E-state index is -0.107. The predicted molar refractivity (Wildman–Crippen MR) is 106 cm³/mol. The number of rotatable bonds is 2. The van der Waals surface area contributed by atoms with Gasteiger partial charge < -0.3 is 5.32 Å². The van der Waals surface area contributed by atoms with Crippen LogP contribution in [0.3, 0.4) is 0 Å². The van der Waals surface area contributed by atoms with E-state index in [1.807, 2.05) is 67.6 Å². The Labute approximate surface area is 150 Å². The van der Waals surface area contributed by atoms with Gasteiger partial charge in [-0.3, -0.25) is 4.79 Å². The normalized spacial score (nSPS) is 17.4. The molecule has 0 aliphatic carbocycles. The summed E-state index contributed by atoms with van der Waals surface area (Å²) in [5.41, 5.74) is 3.07. The van der Waals surface area contributed by atoms with Crippen LogP contribution in [0.2, 0.25) is 0 Å². The van der Waals surface area contributed by atoms with Crippen molar-refractivity contribution in [3.63, 3.8) is 0 Å². The fraction of sp³-hybridized carbons (Fsp3) is 0.0476. The molecule has 1 amide bonds. The van der Waals surface area contributed by atoms with E-state index in [0.717, 1.165) is 22.0 Å². The molecule has 3 nitrogen and oxygen atoms in total. The molecule has 0 bridgehead atoms. The van der Waals surface area contributed by atoms with Gasteiger partial charge >= 0.3 is 0 Å². The monoisotopic (exact) mass is 344 g/mol. The van der Waals surface area contributed by atoms with Crippen LogP contribution in [0, 0.1) is 6.92 Å². The highest BCUT2D eigenvalue weighted by atomic mass is 32.2. The molecule has 3 aromatic carbocycles. The van der Waals surface area contributed by atoms with E-state index in [-0.39, 0.29) is 5.91 Å². The highest BCUT2D eigenvalue weighted by molar-refractivity contribution is 8.18. The number of hydrogen-bond acceptors (Lipinski definition) is 3. The van der Waals surface area contributed by atoms with E-state index in [0.29, 0.717) is 10.1 Å². The predicted octanol–water partition coefficient (Wildman–Crippen LogP) is 5.04. The Bertz CT molecular complexity index is 1010. The zero-order valence-corrected chi connectivity index (χ0v) is 14.5. The molecule has 3 aromatic rings. The van der Waals surface area contributed by atoms with Crippen LogP contribution in [0.1, 0.15) is 11.1 Å². The van der Waals surface area contributed by atoms with Crippen LogP contribution in [0.25, 0.3) is 16.8 Å². The highest BCUT2D eigenvalue weighted by Crippen LogP contribution is 2.31. The van der Waals surface area contributed by atoms with E-state index in [1.54, 1.807) is 0 Å². The third-order valence-corrected chi connectivity index (χ3v) is 4.92. The quantitative estimate of drug-likeness (QED) is 0.662. The Kier molecular flexibility index (Phi) is 4.12. The van der Waals surface area contributed by atoms with Crippen LogP contribution < -0.4 is 5.32 Å². The van der Waals surface area contributed by atoms with Crippen LogP contribution in [0.15, 0.2) is 76.6 Å². The molecule has 1 heterocycles. The summed E-state index contributed by atoms with van der Waals surface area (Å²) >= 11 is 1.37. The van der Waals surface area contributed by atoms with Gasteiger partial charge in [0.25, 0.3) is 5.91 Å². The number of carbonyl (C=O) groups is 1. The number of fused-ring (bicyclic) bond motifs is 1. The summed E-state index contributed by atoms with van der Waals surface area (Å²) in [6, 6.07) is 22.2. The lowest BCUT2D eigenvalue weighted by Gasteiger charge is -2.02. The third-order valence-electron chi connectivity index (χ3n) is 4.01. The van der Waals surface area contributed by atoms with Crippen molar-refractivity contribution in [3.8, 4) is 0 Å². The van der Waals surface area contributed by atoms with E-state index < -0.39 is 0 Å². The Morgan fingerprint density at radius 2 is 1.72 bits per heavy atom. The third kappa shape index (κ3) is 3.35. The molecule has 1 aliphatic rings. The van der Waals surface area contributed by atoms with Crippen molar-refractivity contribution in [2.24, 2.45) is 4.99 Å². The minimum absolute atomic E-state index is 0.107. The number of thioether (sulfide) groups is 1. The number of hydrogen-bond donors (Lipinski definition) is 1. The first-order valence-corrected chi connectivity index (χ1v) is 8.85. The largest absolute Gasteiger partial charge is 0.300 e. The van der Waals surface area contributed by atoms with E-state index >= 15 is 0 Å². The fourth-order valence-corrected chi connectivity index (χ4v) is 3.54. The SMILES string of the molecule is Cc1ccc(C=C2SC(=Nc3cccc4ccccc34)NC2=O)cc1.